The Bertz CT molecular complexity index is 494. The molecular weight excluding hydrogens is 299 g/mol. The molecule has 1 amide bonds. The topological polar surface area (TPSA) is 34.0 Å². The van der Waals surface area contributed by atoms with Crippen molar-refractivity contribution in [3.8, 4) is 5.75 Å². The Kier molecular flexibility index (Phi) is 5.68. The molecule has 6 heteroatoms. The van der Waals surface area contributed by atoms with Crippen molar-refractivity contribution in [1.82, 2.24) is 0 Å². The van der Waals surface area contributed by atoms with E-state index in [9.17, 15) is 4.79 Å². The van der Waals surface area contributed by atoms with Crippen molar-refractivity contribution in [3.63, 3.8) is 0 Å². The molecule has 0 radical (unpaired) electrons. The Morgan fingerprint density at radius 2 is 2.10 bits per heavy atom. The summed E-state index contributed by atoms with van der Waals surface area (Å²) in [6, 6.07) is 5.72. The number of carbonyl (C=O) groups is 1. The Hall–Kier alpha value is -0.970. The van der Waals surface area contributed by atoms with Crippen LogP contribution in [-0.4, -0.2) is 38.7 Å². The average Bonchev–Trinajstić information content (AvgIpc) is 2.35. The van der Waals surface area contributed by atoms with Crippen LogP contribution in [0.5, 0.6) is 5.75 Å². The maximum atomic E-state index is 12.3. The van der Waals surface area contributed by atoms with E-state index in [2.05, 4.69) is 21.0 Å². The number of anilines is 1. The number of rotatable bonds is 3. The van der Waals surface area contributed by atoms with Gasteiger partial charge < -0.3 is 22.0 Å². The second-order valence-corrected chi connectivity index (χ2v) is 5.74. The minimum Gasteiger partial charge on any atom is -1.00 e. The Labute approximate surface area is 131 Å². The van der Waals surface area contributed by atoms with E-state index >= 15 is 0 Å². The predicted octanol–water partition coefficient (Wildman–Crippen LogP) is -2.01. The summed E-state index contributed by atoms with van der Waals surface area (Å²) in [7, 11) is 4.16. The smallest absolute Gasteiger partial charge is 0.268 e. The second kappa shape index (κ2) is 6.66. The quantitative estimate of drug-likeness (QED) is 0.699. The summed E-state index contributed by atoms with van der Waals surface area (Å²) in [5.41, 5.74) is 0.767. The predicted molar refractivity (Wildman–Crippen MR) is 76.2 cm³/mol. The number of nitrogens with one attached hydrogen (secondary N) is 1. The van der Waals surface area contributed by atoms with E-state index < -0.39 is 6.10 Å². The number of likely N-dealkylation sites (N-methyl/N-ethyl adjacent to an activating group) is 1. The maximum absolute atomic E-state index is 12.3. The van der Waals surface area contributed by atoms with E-state index in [0.29, 0.717) is 17.6 Å². The molecule has 2 rings (SSSR count). The summed E-state index contributed by atoms with van der Waals surface area (Å²) >= 11 is 6.03. The molecule has 1 heterocycles. The molecule has 0 bridgehead atoms. The number of benzene rings is 1. The zero-order chi connectivity index (χ0) is 14.2. The van der Waals surface area contributed by atoms with E-state index in [0.717, 1.165) is 11.4 Å². The Balaban J connectivity index is 0.00000200. The SMILES string of the molecule is CC1Oc2ccc(Cl)cc2N(CC(C)[NH+](C)C)C1=O.[Cl-]. The highest BCUT2D eigenvalue weighted by Crippen LogP contribution is 2.36. The van der Waals surface area contributed by atoms with Crippen LogP contribution in [0, 0.1) is 0 Å². The van der Waals surface area contributed by atoms with Crippen molar-refractivity contribution in [2.75, 3.05) is 25.5 Å². The van der Waals surface area contributed by atoms with Crippen molar-refractivity contribution >= 4 is 23.2 Å². The number of hydrogen-bond donors (Lipinski definition) is 1. The highest BCUT2D eigenvalue weighted by molar-refractivity contribution is 6.31. The summed E-state index contributed by atoms with van der Waals surface area (Å²) in [5, 5.41) is 0.611. The minimum atomic E-state index is -0.446. The molecule has 0 aliphatic carbocycles. The lowest BCUT2D eigenvalue weighted by molar-refractivity contribution is -0.881. The molecule has 1 aromatic rings. The van der Waals surface area contributed by atoms with Crippen LogP contribution in [0.15, 0.2) is 18.2 Å². The average molecular weight is 319 g/mol. The summed E-state index contributed by atoms with van der Waals surface area (Å²) in [6.07, 6.45) is -0.446. The molecule has 0 spiro atoms. The van der Waals surface area contributed by atoms with E-state index in [1.165, 1.54) is 4.90 Å². The van der Waals surface area contributed by atoms with Gasteiger partial charge in [-0.1, -0.05) is 11.6 Å². The van der Waals surface area contributed by atoms with E-state index in [1.54, 1.807) is 24.0 Å². The first-order valence-corrected chi connectivity index (χ1v) is 6.85. The molecule has 1 aliphatic rings. The fraction of sp³-hybridized carbons (Fsp3) is 0.500. The van der Waals surface area contributed by atoms with Crippen LogP contribution in [-0.2, 0) is 4.79 Å². The number of amides is 1. The third kappa shape index (κ3) is 3.37. The lowest BCUT2D eigenvalue weighted by Gasteiger charge is -2.34. The molecule has 4 nitrogen and oxygen atoms in total. The summed E-state index contributed by atoms with van der Waals surface area (Å²) in [6.45, 7) is 4.55. The molecule has 2 unspecified atom stereocenters. The van der Waals surface area contributed by atoms with Crippen molar-refractivity contribution in [2.45, 2.75) is 26.0 Å². The first-order valence-electron chi connectivity index (χ1n) is 6.47. The fourth-order valence-electron chi connectivity index (χ4n) is 2.02. The number of quaternary nitrogens is 1. The summed E-state index contributed by atoms with van der Waals surface area (Å²) in [4.78, 5) is 15.4. The van der Waals surface area contributed by atoms with E-state index in [4.69, 9.17) is 16.3 Å². The fourth-order valence-corrected chi connectivity index (χ4v) is 2.19. The van der Waals surface area contributed by atoms with Crippen LogP contribution in [0.3, 0.4) is 0 Å². The van der Waals surface area contributed by atoms with Crippen LogP contribution in [0.4, 0.5) is 5.69 Å². The third-order valence-electron chi connectivity index (χ3n) is 3.57. The van der Waals surface area contributed by atoms with Gasteiger partial charge in [-0.2, -0.15) is 0 Å². The van der Waals surface area contributed by atoms with Crippen molar-refractivity contribution < 1.29 is 26.8 Å². The van der Waals surface area contributed by atoms with Crippen LogP contribution in [0.1, 0.15) is 13.8 Å². The molecule has 2 atom stereocenters. The Morgan fingerprint density at radius 3 is 2.70 bits per heavy atom. The van der Waals surface area contributed by atoms with Gasteiger partial charge in [-0.25, -0.2) is 0 Å². The normalized spacial score (nSPS) is 19.2. The van der Waals surface area contributed by atoms with Crippen molar-refractivity contribution in [3.05, 3.63) is 23.2 Å². The van der Waals surface area contributed by atoms with Gasteiger partial charge in [0.05, 0.1) is 26.3 Å². The zero-order valence-electron chi connectivity index (χ0n) is 12.1. The lowest BCUT2D eigenvalue weighted by Crippen LogP contribution is -3.10. The zero-order valence-corrected chi connectivity index (χ0v) is 13.6. The van der Waals surface area contributed by atoms with Gasteiger partial charge >= 0.3 is 0 Å². The molecular formula is C14H20Cl2N2O2. The Morgan fingerprint density at radius 1 is 1.45 bits per heavy atom. The highest BCUT2D eigenvalue weighted by atomic mass is 35.5. The van der Waals surface area contributed by atoms with Crippen molar-refractivity contribution in [1.29, 1.82) is 0 Å². The molecule has 0 saturated carbocycles. The third-order valence-corrected chi connectivity index (χ3v) is 3.81. The van der Waals surface area contributed by atoms with E-state index in [1.807, 2.05) is 6.07 Å². The van der Waals surface area contributed by atoms with Gasteiger partial charge in [-0.3, -0.25) is 9.69 Å². The van der Waals surface area contributed by atoms with Gasteiger partial charge in [0.1, 0.15) is 11.8 Å². The van der Waals surface area contributed by atoms with Gasteiger partial charge in [0.25, 0.3) is 5.91 Å². The largest absolute Gasteiger partial charge is 1.00 e. The molecule has 1 aromatic carbocycles. The maximum Gasteiger partial charge on any atom is 0.268 e. The second-order valence-electron chi connectivity index (χ2n) is 5.30. The summed E-state index contributed by atoms with van der Waals surface area (Å²) in [5.74, 6) is 0.709. The number of hydrogen-bond acceptors (Lipinski definition) is 2. The number of carbonyl (C=O) groups excluding carboxylic acids is 1. The van der Waals surface area contributed by atoms with Gasteiger partial charge in [0.2, 0.25) is 0 Å². The molecule has 0 aromatic heterocycles. The number of halogens is 2. The molecule has 0 fully saturated rings. The number of nitrogens with zero attached hydrogens (tertiary/aromatic N) is 1. The molecule has 1 aliphatic heterocycles. The molecule has 112 valence electrons. The van der Waals surface area contributed by atoms with Crippen LogP contribution >= 0.6 is 11.6 Å². The van der Waals surface area contributed by atoms with Crippen LogP contribution in [0.25, 0.3) is 0 Å². The van der Waals surface area contributed by atoms with Crippen molar-refractivity contribution in [2.24, 2.45) is 0 Å². The lowest BCUT2D eigenvalue weighted by atomic mass is 10.1. The van der Waals surface area contributed by atoms with Crippen LogP contribution in [0.2, 0.25) is 5.02 Å². The number of ether oxygens (including phenoxy) is 1. The highest BCUT2D eigenvalue weighted by Gasteiger charge is 2.33. The monoisotopic (exact) mass is 318 g/mol. The standard InChI is InChI=1S/C14H19ClN2O2.ClH/c1-9(16(3)4)8-17-12-7-11(15)5-6-13(12)19-10(2)14(17)18;/h5-7,9-10H,8H2,1-4H3;1H. The van der Waals surface area contributed by atoms with E-state index in [-0.39, 0.29) is 18.3 Å². The molecule has 20 heavy (non-hydrogen) atoms. The number of fused-ring (bicyclic) bond motifs is 1. The van der Waals surface area contributed by atoms with Gasteiger partial charge in [-0.15, -0.1) is 0 Å². The van der Waals surface area contributed by atoms with Gasteiger partial charge in [0, 0.05) is 5.02 Å². The van der Waals surface area contributed by atoms with Gasteiger partial charge in [0.15, 0.2) is 6.10 Å². The van der Waals surface area contributed by atoms with Gasteiger partial charge in [-0.05, 0) is 32.0 Å². The summed E-state index contributed by atoms with van der Waals surface area (Å²) < 4.78 is 5.61. The molecule has 0 saturated heterocycles. The first kappa shape index (κ1) is 17.1. The minimum absolute atomic E-state index is 0. The van der Waals surface area contributed by atoms with Crippen LogP contribution < -0.4 is 26.9 Å². The molecule has 1 N–H and O–H groups in total. The first-order chi connectivity index (χ1) is 8.90.